The van der Waals surface area contributed by atoms with Crippen LogP contribution >= 0.6 is 0 Å². The number of rotatable bonds is 12. The Labute approximate surface area is 247 Å². The molecule has 7 heteroatoms. The highest BCUT2D eigenvalue weighted by Gasteiger charge is 2.27. The number of hydrogen-bond acceptors (Lipinski definition) is 4. The van der Waals surface area contributed by atoms with Crippen molar-refractivity contribution in [2.24, 2.45) is 5.92 Å². The molecule has 2 N–H and O–H groups in total. The van der Waals surface area contributed by atoms with Crippen molar-refractivity contribution in [3.63, 3.8) is 0 Å². The van der Waals surface area contributed by atoms with Gasteiger partial charge in [0.05, 0.1) is 18.2 Å². The molecule has 1 aliphatic rings. The summed E-state index contributed by atoms with van der Waals surface area (Å²) in [6.45, 7) is 12.6. The lowest BCUT2D eigenvalue weighted by molar-refractivity contribution is -0.125. The van der Waals surface area contributed by atoms with Crippen molar-refractivity contribution in [1.29, 1.82) is 0 Å². The van der Waals surface area contributed by atoms with Crippen molar-refractivity contribution in [3.8, 4) is 5.75 Å². The Morgan fingerprint density at radius 3 is 2.10 bits per heavy atom. The average molecular weight is 566 g/mol. The fraction of sp³-hybridized carbons (Fsp3) is 0.588. The molecule has 1 aliphatic heterocycles. The van der Waals surface area contributed by atoms with Crippen LogP contribution in [-0.4, -0.2) is 54.2 Å². The number of benzene rings is 2. The maximum atomic E-state index is 13.6. The summed E-state index contributed by atoms with van der Waals surface area (Å²) in [6, 6.07) is 17.1. The van der Waals surface area contributed by atoms with Gasteiger partial charge in [0.1, 0.15) is 18.4 Å². The predicted octanol–water partition coefficient (Wildman–Crippen LogP) is 6.50. The standard InChI is InChI=1S/C34H51N3O4/c1-26(2)22-31(36-33(39)37-20-12-7-6-8-13-21-37)32(38)35-29(25-41-34(3,4)5)23-27-16-18-30(19-17-27)40-24-28-14-10-9-11-15-28/h9-11,14-19,26,29,31H,6-8,12-13,20-25H2,1-5H3,(H,35,38)(H,36,39)/t29-,31-/m0/s1. The van der Waals surface area contributed by atoms with E-state index >= 15 is 0 Å². The summed E-state index contributed by atoms with van der Waals surface area (Å²) in [5.74, 6) is 0.892. The van der Waals surface area contributed by atoms with Gasteiger partial charge in [0.15, 0.2) is 0 Å². The van der Waals surface area contributed by atoms with Gasteiger partial charge in [0, 0.05) is 13.1 Å². The number of urea groups is 1. The van der Waals surface area contributed by atoms with E-state index < -0.39 is 6.04 Å². The summed E-state index contributed by atoms with van der Waals surface area (Å²) in [4.78, 5) is 28.6. The lowest BCUT2D eigenvalue weighted by atomic mass is 10.0. The first-order valence-electron chi connectivity index (χ1n) is 15.3. The maximum absolute atomic E-state index is 13.6. The molecule has 0 spiro atoms. The number of likely N-dealkylation sites (tertiary alicyclic amines) is 1. The molecule has 226 valence electrons. The van der Waals surface area contributed by atoms with E-state index in [2.05, 4.69) is 24.5 Å². The molecule has 2 aromatic carbocycles. The van der Waals surface area contributed by atoms with Crippen LogP contribution in [0.3, 0.4) is 0 Å². The number of carbonyl (C=O) groups excluding carboxylic acids is 2. The van der Waals surface area contributed by atoms with E-state index in [4.69, 9.17) is 9.47 Å². The van der Waals surface area contributed by atoms with Gasteiger partial charge < -0.3 is 25.0 Å². The molecule has 0 bridgehead atoms. The molecule has 2 aromatic rings. The fourth-order valence-electron chi connectivity index (χ4n) is 4.94. The van der Waals surface area contributed by atoms with Gasteiger partial charge in [-0.2, -0.15) is 0 Å². The Hall–Kier alpha value is -3.06. The van der Waals surface area contributed by atoms with Crippen LogP contribution in [0.1, 0.15) is 84.3 Å². The first kappa shape index (κ1) is 32.5. The van der Waals surface area contributed by atoms with Crippen molar-refractivity contribution in [2.75, 3.05) is 19.7 Å². The number of nitrogens with one attached hydrogen (secondary N) is 2. The second-order valence-electron chi connectivity index (χ2n) is 12.6. The van der Waals surface area contributed by atoms with E-state index in [0.29, 0.717) is 26.1 Å². The van der Waals surface area contributed by atoms with Crippen LogP contribution in [0, 0.1) is 5.92 Å². The van der Waals surface area contributed by atoms with Gasteiger partial charge in [-0.3, -0.25) is 4.79 Å². The molecule has 0 radical (unpaired) electrons. The van der Waals surface area contributed by atoms with Gasteiger partial charge in [0.25, 0.3) is 0 Å². The predicted molar refractivity (Wildman–Crippen MR) is 165 cm³/mol. The molecule has 1 heterocycles. The minimum atomic E-state index is -0.598. The highest BCUT2D eigenvalue weighted by atomic mass is 16.5. The summed E-state index contributed by atoms with van der Waals surface area (Å²) < 4.78 is 12.0. The SMILES string of the molecule is CC(C)C[C@H](NC(=O)N1CCCCCCC1)C(=O)N[C@H](COC(C)(C)C)Cc1ccc(OCc2ccccc2)cc1. The van der Waals surface area contributed by atoms with Crippen molar-refractivity contribution in [2.45, 2.75) is 104 Å². The van der Waals surface area contributed by atoms with Crippen molar-refractivity contribution >= 4 is 11.9 Å². The van der Waals surface area contributed by atoms with Gasteiger partial charge in [-0.15, -0.1) is 0 Å². The van der Waals surface area contributed by atoms with Crippen LogP contribution in [0.15, 0.2) is 54.6 Å². The molecule has 3 amide bonds. The van der Waals surface area contributed by atoms with E-state index in [9.17, 15) is 9.59 Å². The first-order chi connectivity index (χ1) is 19.6. The molecule has 0 aromatic heterocycles. The minimum Gasteiger partial charge on any atom is -0.489 e. The lowest BCUT2D eigenvalue weighted by Crippen LogP contribution is -2.54. The zero-order chi connectivity index (χ0) is 29.7. The Morgan fingerprint density at radius 2 is 1.49 bits per heavy atom. The van der Waals surface area contributed by atoms with Crippen molar-refractivity contribution < 1.29 is 19.1 Å². The quantitative estimate of drug-likeness (QED) is 0.308. The summed E-state index contributed by atoms with van der Waals surface area (Å²) in [5, 5.41) is 6.27. The Kier molecular flexibility index (Phi) is 13.0. The topological polar surface area (TPSA) is 79.9 Å². The zero-order valence-electron chi connectivity index (χ0n) is 25.8. The van der Waals surface area contributed by atoms with E-state index in [1.807, 2.05) is 80.3 Å². The van der Waals surface area contributed by atoms with E-state index in [-0.39, 0.29) is 29.5 Å². The monoisotopic (exact) mass is 565 g/mol. The molecular formula is C34H51N3O4. The lowest BCUT2D eigenvalue weighted by Gasteiger charge is -2.30. The van der Waals surface area contributed by atoms with Crippen LogP contribution in [0.25, 0.3) is 0 Å². The largest absolute Gasteiger partial charge is 0.489 e. The number of nitrogens with zero attached hydrogens (tertiary/aromatic N) is 1. The Balaban J connectivity index is 1.64. The normalized spacial score (nSPS) is 15.9. The van der Waals surface area contributed by atoms with E-state index in [1.54, 1.807) is 0 Å². The van der Waals surface area contributed by atoms with Crippen LogP contribution in [0.2, 0.25) is 0 Å². The molecule has 1 fully saturated rings. The first-order valence-corrected chi connectivity index (χ1v) is 15.3. The number of ether oxygens (including phenoxy) is 2. The van der Waals surface area contributed by atoms with Crippen LogP contribution in [-0.2, 0) is 22.6 Å². The molecule has 0 saturated carbocycles. The van der Waals surface area contributed by atoms with Gasteiger partial charge in [-0.25, -0.2) is 4.79 Å². The molecule has 0 unspecified atom stereocenters. The average Bonchev–Trinajstić information content (AvgIpc) is 2.90. The number of carbonyl (C=O) groups is 2. The summed E-state index contributed by atoms with van der Waals surface area (Å²) in [7, 11) is 0. The number of amides is 3. The summed E-state index contributed by atoms with van der Waals surface area (Å²) >= 11 is 0. The molecule has 1 saturated heterocycles. The van der Waals surface area contributed by atoms with Crippen molar-refractivity contribution in [3.05, 3.63) is 65.7 Å². The molecule has 41 heavy (non-hydrogen) atoms. The zero-order valence-corrected chi connectivity index (χ0v) is 25.8. The Morgan fingerprint density at radius 1 is 0.854 bits per heavy atom. The summed E-state index contributed by atoms with van der Waals surface area (Å²) in [6.07, 6.45) is 6.73. The second-order valence-corrected chi connectivity index (χ2v) is 12.6. The van der Waals surface area contributed by atoms with Crippen LogP contribution in [0.5, 0.6) is 5.75 Å². The highest BCUT2D eigenvalue weighted by molar-refractivity contribution is 5.87. The Bertz CT molecular complexity index is 1040. The highest BCUT2D eigenvalue weighted by Crippen LogP contribution is 2.17. The molecular weight excluding hydrogens is 514 g/mol. The third kappa shape index (κ3) is 12.6. The second kappa shape index (κ2) is 16.4. The fourth-order valence-corrected chi connectivity index (χ4v) is 4.94. The number of hydrogen-bond donors (Lipinski definition) is 2. The van der Waals surface area contributed by atoms with Crippen LogP contribution in [0.4, 0.5) is 4.79 Å². The van der Waals surface area contributed by atoms with Gasteiger partial charge in [-0.1, -0.05) is 75.6 Å². The molecule has 0 aliphatic carbocycles. The minimum absolute atomic E-state index is 0.138. The van der Waals surface area contributed by atoms with E-state index in [0.717, 1.165) is 55.6 Å². The third-order valence-corrected chi connectivity index (χ3v) is 7.18. The van der Waals surface area contributed by atoms with Crippen molar-refractivity contribution in [1.82, 2.24) is 15.5 Å². The molecule has 3 rings (SSSR count). The molecule has 2 atom stereocenters. The molecule has 7 nitrogen and oxygen atoms in total. The smallest absolute Gasteiger partial charge is 0.318 e. The maximum Gasteiger partial charge on any atom is 0.318 e. The van der Waals surface area contributed by atoms with Gasteiger partial charge >= 0.3 is 6.03 Å². The van der Waals surface area contributed by atoms with Gasteiger partial charge in [-0.05, 0) is 75.6 Å². The van der Waals surface area contributed by atoms with Crippen LogP contribution < -0.4 is 15.4 Å². The van der Waals surface area contributed by atoms with Gasteiger partial charge in [0.2, 0.25) is 5.91 Å². The summed E-state index contributed by atoms with van der Waals surface area (Å²) in [5.41, 5.74) is 1.85. The third-order valence-electron chi connectivity index (χ3n) is 7.18. The van der Waals surface area contributed by atoms with E-state index in [1.165, 1.54) is 6.42 Å².